The first-order chi connectivity index (χ1) is 11.0. The highest BCUT2D eigenvalue weighted by molar-refractivity contribution is 6.12. The lowest BCUT2D eigenvalue weighted by Gasteiger charge is -2.07. The second kappa shape index (κ2) is 5.64. The molecule has 0 fully saturated rings. The molecule has 0 atom stereocenters. The molecule has 0 saturated carbocycles. The van der Waals surface area contributed by atoms with Gasteiger partial charge in [0.05, 0.1) is 16.6 Å². The van der Waals surface area contributed by atoms with Crippen LogP contribution in [0, 0.1) is 13.8 Å². The molecule has 23 heavy (non-hydrogen) atoms. The van der Waals surface area contributed by atoms with E-state index in [1.807, 2.05) is 0 Å². The Morgan fingerprint density at radius 3 is 2.48 bits per heavy atom. The normalized spacial score (nSPS) is 10.7. The molecule has 0 spiro atoms. The first kappa shape index (κ1) is 14.9. The number of aromatic nitrogens is 2. The van der Waals surface area contributed by atoms with Crippen molar-refractivity contribution in [3.05, 3.63) is 52.8 Å². The van der Waals surface area contributed by atoms with E-state index in [0.29, 0.717) is 39.3 Å². The average Bonchev–Trinajstić information content (AvgIpc) is 2.88. The zero-order valence-corrected chi connectivity index (χ0v) is 13.0. The number of benzene rings is 1. The summed E-state index contributed by atoms with van der Waals surface area (Å²) in [5, 5.41) is 7.28. The van der Waals surface area contributed by atoms with Crippen LogP contribution in [0.3, 0.4) is 0 Å². The van der Waals surface area contributed by atoms with E-state index in [2.05, 4.69) is 15.5 Å². The summed E-state index contributed by atoms with van der Waals surface area (Å²) in [6.45, 7) is 5.05. The fourth-order valence-electron chi connectivity index (χ4n) is 2.38. The van der Waals surface area contributed by atoms with Gasteiger partial charge in [-0.25, -0.2) is 4.98 Å². The van der Waals surface area contributed by atoms with Gasteiger partial charge in [0.15, 0.2) is 5.78 Å². The van der Waals surface area contributed by atoms with Crippen LogP contribution in [0.1, 0.15) is 39.0 Å². The SMILES string of the molecule is CC(=O)c1ccc(NC(=O)c2cc(C)nc3onc(C)c23)cc1. The van der Waals surface area contributed by atoms with Crippen LogP contribution in [0.2, 0.25) is 0 Å². The van der Waals surface area contributed by atoms with Gasteiger partial charge in [-0.05, 0) is 51.1 Å². The van der Waals surface area contributed by atoms with Gasteiger partial charge >= 0.3 is 0 Å². The lowest BCUT2D eigenvalue weighted by molar-refractivity contribution is 0.101. The third-order valence-electron chi connectivity index (χ3n) is 3.54. The van der Waals surface area contributed by atoms with Gasteiger partial charge in [0, 0.05) is 16.9 Å². The van der Waals surface area contributed by atoms with Crippen molar-refractivity contribution >= 4 is 28.5 Å². The Balaban J connectivity index is 1.94. The Kier molecular flexibility index (Phi) is 3.65. The molecular formula is C17H15N3O3. The number of rotatable bonds is 3. The van der Waals surface area contributed by atoms with Crippen LogP contribution in [-0.2, 0) is 0 Å². The molecule has 0 radical (unpaired) electrons. The van der Waals surface area contributed by atoms with Crippen LogP contribution in [0.15, 0.2) is 34.9 Å². The minimum absolute atomic E-state index is 0.0190. The number of anilines is 1. The highest BCUT2D eigenvalue weighted by Crippen LogP contribution is 2.23. The summed E-state index contributed by atoms with van der Waals surface area (Å²) in [5.41, 5.74) is 3.30. The second-order valence-corrected chi connectivity index (χ2v) is 5.35. The lowest BCUT2D eigenvalue weighted by atomic mass is 10.1. The molecule has 6 heteroatoms. The van der Waals surface area contributed by atoms with Crippen molar-refractivity contribution in [1.29, 1.82) is 0 Å². The van der Waals surface area contributed by atoms with Gasteiger partial charge in [0.1, 0.15) is 0 Å². The molecule has 116 valence electrons. The predicted molar refractivity (Wildman–Crippen MR) is 85.7 cm³/mol. The second-order valence-electron chi connectivity index (χ2n) is 5.35. The number of nitrogens with zero attached hydrogens (tertiary/aromatic N) is 2. The zero-order valence-electron chi connectivity index (χ0n) is 13.0. The summed E-state index contributed by atoms with van der Waals surface area (Å²) in [6, 6.07) is 8.44. The van der Waals surface area contributed by atoms with Crippen LogP contribution in [0.25, 0.3) is 11.1 Å². The van der Waals surface area contributed by atoms with E-state index in [1.165, 1.54) is 6.92 Å². The Morgan fingerprint density at radius 2 is 1.83 bits per heavy atom. The van der Waals surface area contributed by atoms with E-state index in [0.717, 1.165) is 0 Å². The molecule has 6 nitrogen and oxygen atoms in total. The van der Waals surface area contributed by atoms with Crippen molar-refractivity contribution in [3.8, 4) is 0 Å². The Morgan fingerprint density at radius 1 is 1.13 bits per heavy atom. The molecule has 3 rings (SSSR count). The minimum atomic E-state index is -0.276. The number of amides is 1. The van der Waals surface area contributed by atoms with Crippen molar-refractivity contribution in [2.45, 2.75) is 20.8 Å². The summed E-state index contributed by atoms with van der Waals surface area (Å²) in [6.07, 6.45) is 0. The highest BCUT2D eigenvalue weighted by atomic mass is 16.5. The van der Waals surface area contributed by atoms with Crippen LogP contribution >= 0.6 is 0 Å². The number of carbonyl (C=O) groups is 2. The van der Waals surface area contributed by atoms with E-state index in [9.17, 15) is 9.59 Å². The Hall–Kier alpha value is -3.02. The Bertz CT molecular complexity index is 911. The van der Waals surface area contributed by atoms with Crippen molar-refractivity contribution in [2.75, 3.05) is 5.32 Å². The van der Waals surface area contributed by atoms with Crippen molar-refractivity contribution in [2.24, 2.45) is 0 Å². The lowest BCUT2D eigenvalue weighted by Crippen LogP contribution is -2.13. The fourth-order valence-corrected chi connectivity index (χ4v) is 2.38. The standard InChI is InChI=1S/C17H15N3O3/c1-9-8-14(15-10(2)20-23-17(15)18-9)16(22)19-13-6-4-12(5-7-13)11(3)21/h4-8H,1-3H3,(H,19,22). The Labute approximate surface area is 132 Å². The van der Waals surface area contributed by atoms with E-state index in [4.69, 9.17) is 4.52 Å². The number of aryl methyl sites for hydroxylation is 2. The number of pyridine rings is 1. The maximum absolute atomic E-state index is 12.6. The molecule has 1 amide bonds. The van der Waals surface area contributed by atoms with Crippen molar-refractivity contribution in [1.82, 2.24) is 10.1 Å². The maximum atomic E-state index is 12.6. The quantitative estimate of drug-likeness (QED) is 0.750. The third-order valence-corrected chi connectivity index (χ3v) is 3.54. The molecule has 0 unspecified atom stereocenters. The summed E-state index contributed by atoms with van der Waals surface area (Å²) in [4.78, 5) is 28.1. The van der Waals surface area contributed by atoms with E-state index < -0.39 is 0 Å². The van der Waals surface area contributed by atoms with E-state index >= 15 is 0 Å². The van der Waals surface area contributed by atoms with Gasteiger partial charge < -0.3 is 9.84 Å². The van der Waals surface area contributed by atoms with Crippen molar-refractivity contribution < 1.29 is 14.1 Å². The van der Waals surface area contributed by atoms with Gasteiger partial charge in [0.2, 0.25) is 0 Å². The maximum Gasteiger partial charge on any atom is 0.258 e. The summed E-state index contributed by atoms with van der Waals surface area (Å²) >= 11 is 0. The van der Waals surface area contributed by atoms with Gasteiger partial charge in [-0.2, -0.15) is 0 Å². The van der Waals surface area contributed by atoms with Crippen LogP contribution < -0.4 is 5.32 Å². The molecular weight excluding hydrogens is 294 g/mol. The molecule has 3 aromatic rings. The van der Waals surface area contributed by atoms with E-state index in [-0.39, 0.29) is 11.7 Å². The number of ketones is 1. The van der Waals surface area contributed by atoms with Crippen LogP contribution in [0.5, 0.6) is 0 Å². The molecule has 1 N–H and O–H groups in total. The van der Waals surface area contributed by atoms with E-state index in [1.54, 1.807) is 44.2 Å². The van der Waals surface area contributed by atoms with Gasteiger partial charge in [0.25, 0.3) is 11.6 Å². The molecule has 0 aliphatic carbocycles. The summed E-state index contributed by atoms with van der Waals surface area (Å²) in [5.74, 6) is -0.295. The smallest absolute Gasteiger partial charge is 0.258 e. The third kappa shape index (κ3) is 2.83. The van der Waals surface area contributed by atoms with Gasteiger partial charge in [-0.1, -0.05) is 5.16 Å². The topological polar surface area (TPSA) is 85.1 Å². The van der Waals surface area contributed by atoms with Gasteiger partial charge in [-0.15, -0.1) is 0 Å². The predicted octanol–water partition coefficient (Wildman–Crippen LogP) is 3.29. The fraction of sp³-hybridized carbons (Fsp3) is 0.176. The molecule has 0 aliphatic rings. The summed E-state index contributed by atoms with van der Waals surface area (Å²) in [7, 11) is 0. The molecule has 2 heterocycles. The molecule has 0 aliphatic heterocycles. The number of hydrogen-bond donors (Lipinski definition) is 1. The number of carbonyl (C=O) groups excluding carboxylic acids is 2. The molecule has 1 aromatic carbocycles. The highest BCUT2D eigenvalue weighted by Gasteiger charge is 2.18. The molecule has 2 aromatic heterocycles. The number of Topliss-reactive ketones (excluding diaryl/α,β-unsaturated/α-hetero) is 1. The monoisotopic (exact) mass is 309 g/mol. The van der Waals surface area contributed by atoms with Gasteiger partial charge in [-0.3, -0.25) is 9.59 Å². The molecule has 0 bridgehead atoms. The number of fused-ring (bicyclic) bond motifs is 1. The van der Waals surface area contributed by atoms with Crippen LogP contribution in [0.4, 0.5) is 5.69 Å². The minimum Gasteiger partial charge on any atom is -0.336 e. The number of hydrogen-bond acceptors (Lipinski definition) is 5. The first-order valence-corrected chi connectivity index (χ1v) is 7.11. The largest absolute Gasteiger partial charge is 0.336 e. The van der Waals surface area contributed by atoms with Crippen LogP contribution in [-0.4, -0.2) is 21.8 Å². The average molecular weight is 309 g/mol. The number of nitrogens with one attached hydrogen (secondary N) is 1. The summed E-state index contributed by atoms with van der Waals surface area (Å²) < 4.78 is 5.13. The zero-order chi connectivity index (χ0) is 16.6. The van der Waals surface area contributed by atoms with Crippen molar-refractivity contribution in [3.63, 3.8) is 0 Å². The molecule has 0 saturated heterocycles. The first-order valence-electron chi connectivity index (χ1n) is 7.11.